The number of hydrogen-bond acceptors (Lipinski definition) is 4. The smallest absolute Gasteiger partial charge is 0.396 e. The van der Waals surface area contributed by atoms with Crippen molar-refractivity contribution in [1.29, 1.82) is 0 Å². The third-order valence-electron chi connectivity index (χ3n) is 5.56. The molecule has 2 unspecified atom stereocenters. The number of unbranched alkanes of at least 4 members (excludes halogenated alkanes) is 9. The van der Waals surface area contributed by atoms with E-state index in [0.717, 1.165) is 32.1 Å². The van der Waals surface area contributed by atoms with Crippen molar-refractivity contribution in [2.24, 2.45) is 5.92 Å². The summed E-state index contributed by atoms with van der Waals surface area (Å²) in [5.41, 5.74) is 0. The van der Waals surface area contributed by atoms with Crippen molar-refractivity contribution in [3.8, 4) is 0 Å². The minimum Gasteiger partial charge on any atom is -0.396 e. The monoisotopic (exact) mass is 490 g/mol. The Morgan fingerprint density at radius 2 is 1.42 bits per heavy atom. The second kappa shape index (κ2) is 20.8. The van der Waals surface area contributed by atoms with Crippen LogP contribution >= 0.6 is 7.82 Å². The highest BCUT2D eigenvalue weighted by Crippen LogP contribution is 2.43. The van der Waals surface area contributed by atoms with Crippen molar-refractivity contribution in [2.75, 3.05) is 47.5 Å². The number of likely N-dealkylation sites (N-methyl/N-ethyl adjacent to an activating group) is 1. The maximum Gasteiger partial charge on any atom is 0.472 e. The van der Waals surface area contributed by atoms with E-state index in [1.165, 1.54) is 51.4 Å². The summed E-state index contributed by atoms with van der Waals surface area (Å²) >= 11 is 0. The molecule has 0 spiro atoms. The maximum absolute atomic E-state index is 12.0. The number of aliphatic hydroxyl groups is 1. The number of allylic oxidation sites excluding steroid dienone is 4. The van der Waals surface area contributed by atoms with Gasteiger partial charge in [-0.15, -0.1) is 0 Å². The Kier molecular flexibility index (Phi) is 20.5. The molecule has 0 radical (unpaired) electrons. The first-order chi connectivity index (χ1) is 15.7. The topological polar surface area (TPSA) is 76.0 Å². The van der Waals surface area contributed by atoms with Crippen LogP contribution in [0.3, 0.4) is 0 Å². The maximum atomic E-state index is 12.0. The van der Waals surface area contributed by atoms with Gasteiger partial charge in [0.1, 0.15) is 13.2 Å². The summed E-state index contributed by atoms with van der Waals surface area (Å²) in [6, 6.07) is 0. The van der Waals surface area contributed by atoms with Gasteiger partial charge in [-0.2, -0.15) is 0 Å². The lowest BCUT2D eigenvalue weighted by Crippen LogP contribution is -2.37. The molecular formula is C26H53NO5P+. The fourth-order valence-corrected chi connectivity index (χ4v) is 4.10. The molecular weight excluding hydrogens is 437 g/mol. The largest absolute Gasteiger partial charge is 0.472 e. The highest BCUT2D eigenvalue weighted by atomic mass is 31.2. The SMILES string of the molecule is CCCCCC=CCC=CCCCCCCCCC(CO)COP(=O)(O)OCC[N+](C)(C)C. The number of rotatable bonds is 23. The molecule has 0 aliphatic heterocycles. The van der Waals surface area contributed by atoms with Gasteiger partial charge in [0.25, 0.3) is 0 Å². The van der Waals surface area contributed by atoms with Gasteiger partial charge in [-0.3, -0.25) is 9.05 Å². The lowest BCUT2D eigenvalue weighted by Gasteiger charge is -2.24. The van der Waals surface area contributed by atoms with Crippen LogP contribution in [0.5, 0.6) is 0 Å². The first kappa shape index (κ1) is 32.5. The standard InChI is InChI=1S/C26H52NO5P/c1-5-6-7-8-9-10-11-12-13-14-15-16-17-18-19-20-21-26(24-28)25-32-33(29,30)31-23-22-27(2,3)4/h9-10,12-13,26,28H,5-8,11,14-25H2,1-4H3/p+1. The van der Waals surface area contributed by atoms with Gasteiger partial charge in [0.05, 0.1) is 27.7 Å². The van der Waals surface area contributed by atoms with Crippen LogP contribution in [0.1, 0.15) is 90.4 Å². The summed E-state index contributed by atoms with van der Waals surface area (Å²) in [6.07, 6.45) is 24.3. The van der Waals surface area contributed by atoms with Gasteiger partial charge in [0.15, 0.2) is 0 Å². The predicted molar refractivity (Wildman–Crippen MR) is 139 cm³/mol. The second-order valence-electron chi connectivity index (χ2n) is 10.0. The molecule has 33 heavy (non-hydrogen) atoms. The van der Waals surface area contributed by atoms with Crippen molar-refractivity contribution in [3.05, 3.63) is 24.3 Å². The Bertz CT molecular complexity index is 545. The number of hydrogen-bond donors (Lipinski definition) is 2. The van der Waals surface area contributed by atoms with Crippen LogP contribution in [0.4, 0.5) is 0 Å². The number of quaternary nitrogens is 1. The fourth-order valence-electron chi connectivity index (χ4n) is 3.32. The van der Waals surface area contributed by atoms with Gasteiger partial charge in [-0.1, -0.05) is 76.2 Å². The molecule has 0 aromatic carbocycles. The van der Waals surface area contributed by atoms with Crippen molar-refractivity contribution >= 4 is 7.82 Å². The fraction of sp³-hybridized carbons (Fsp3) is 0.846. The molecule has 196 valence electrons. The third kappa shape index (κ3) is 24.4. The minimum atomic E-state index is -4.05. The normalized spacial score (nSPS) is 15.5. The molecule has 0 heterocycles. The summed E-state index contributed by atoms with van der Waals surface area (Å²) < 4.78 is 22.7. The Hall–Kier alpha value is -0.490. The van der Waals surface area contributed by atoms with Crippen LogP contribution in [0.25, 0.3) is 0 Å². The van der Waals surface area contributed by atoms with Gasteiger partial charge >= 0.3 is 7.82 Å². The average Bonchev–Trinajstić information content (AvgIpc) is 2.74. The molecule has 0 amide bonds. The van der Waals surface area contributed by atoms with Crippen LogP contribution in [-0.4, -0.2) is 62.0 Å². The van der Waals surface area contributed by atoms with Crippen LogP contribution < -0.4 is 0 Å². The molecule has 0 saturated carbocycles. The van der Waals surface area contributed by atoms with Crippen molar-refractivity contribution in [2.45, 2.75) is 90.4 Å². The van der Waals surface area contributed by atoms with Crippen molar-refractivity contribution in [1.82, 2.24) is 0 Å². The summed E-state index contributed by atoms with van der Waals surface area (Å²) in [7, 11) is 1.91. The summed E-state index contributed by atoms with van der Waals surface area (Å²) in [5, 5.41) is 9.53. The first-order valence-corrected chi connectivity index (χ1v) is 14.5. The van der Waals surface area contributed by atoms with E-state index in [0.29, 0.717) is 11.0 Å². The van der Waals surface area contributed by atoms with Crippen LogP contribution in [0.2, 0.25) is 0 Å². The van der Waals surface area contributed by atoms with E-state index >= 15 is 0 Å². The van der Waals surface area contributed by atoms with E-state index in [4.69, 9.17) is 9.05 Å². The molecule has 0 saturated heterocycles. The molecule has 2 N–H and O–H groups in total. The van der Waals surface area contributed by atoms with Gasteiger partial charge in [-0.25, -0.2) is 4.57 Å². The average molecular weight is 491 g/mol. The number of phosphoric ester groups is 1. The Labute approximate surface area is 204 Å². The molecule has 0 aliphatic rings. The zero-order valence-corrected chi connectivity index (χ0v) is 22.8. The van der Waals surface area contributed by atoms with Gasteiger partial charge in [0, 0.05) is 12.5 Å². The number of nitrogens with zero attached hydrogens (tertiary/aromatic N) is 1. The van der Waals surface area contributed by atoms with E-state index in [2.05, 4.69) is 31.2 Å². The van der Waals surface area contributed by atoms with Crippen LogP contribution in [0, 0.1) is 5.92 Å². The van der Waals surface area contributed by atoms with E-state index in [1.54, 1.807) is 0 Å². The molecule has 0 aliphatic carbocycles. The first-order valence-electron chi connectivity index (χ1n) is 13.0. The molecule has 0 aromatic rings. The van der Waals surface area contributed by atoms with E-state index in [-0.39, 0.29) is 25.7 Å². The quantitative estimate of drug-likeness (QED) is 0.0727. The van der Waals surface area contributed by atoms with Crippen molar-refractivity contribution < 1.29 is 28.1 Å². The lowest BCUT2D eigenvalue weighted by atomic mass is 10.0. The number of aliphatic hydroxyl groups excluding tert-OH is 1. The second-order valence-corrected chi connectivity index (χ2v) is 11.5. The molecule has 7 heteroatoms. The van der Waals surface area contributed by atoms with Crippen molar-refractivity contribution in [3.63, 3.8) is 0 Å². The van der Waals surface area contributed by atoms with Gasteiger partial charge in [-0.05, 0) is 38.5 Å². The molecule has 2 atom stereocenters. The van der Waals surface area contributed by atoms with Crippen LogP contribution in [0.15, 0.2) is 24.3 Å². The molecule has 0 aromatic heterocycles. The molecule has 0 bridgehead atoms. The lowest BCUT2D eigenvalue weighted by molar-refractivity contribution is -0.870. The van der Waals surface area contributed by atoms with E-state index < -0.39 is 7.82 Å². The molecule has 6 nitrogen and oxygen atoms in total. The van der Waals surface area contributed by atoms with E-state index in [9.17, 15) is 14.6 Å². The summed E-state index contributed by atoms with van der Waals surface area (Å²) in [4.78, 5) is 9.78. The zero-order chi connectivity index (χ0) is 24.8. The summed E-state index contributed by atoms with van der Waals surface area (Å²) in [6.45, 7) is 3.02. The minimum absolute atomic E-state index is 0.0425. The van der Waals surface area contributed by atoms with Gasteiger partial charge < -0.3 is 14.5 Å². The van der Waals surface area contributed by atoms with Crippen LogP contribution in [-0.2, 0) is 13.6 Å². The Morgan fingerprint density at radius 1 is 0.848 bits per heavy atom. The molecule has 0 rings (SSSR count). The zero-order valence-electron chi connectivity index (χ0n) is 21.9. The third-order valence-corrected chi connectivity index (χ3v) is 6.55. The Morgan fingerprint density at radius 3 is 2.00 bits per heavy atom. The van der Waals surface area contributed by atoms with E-state index in [1.807, 2.05) is 21.1 Å². The Balaban J connectivity index is 3.66. The summed E-state index contributed by atoms with van der Waals surface area (Å²) in [5.74, 6) is -0.127. The predicted octanol–water partition coefficient (Wildman–Crippen LogP) is 6.64. The number of phosphoric acid groups is 1. The van der Waals surface area contributed by atoms with Gasteiger partial charge in [0.2, 0.25) is 0 Å². The highest BCUT2D eigenvalue weighted by Gasteiger charge is 2.24. The highest BCUT2D eigenvalue weighted by molar-refractivity contribution is 7.47. The molecule has 0 fully saturated rings.